The highest BCUT2D eigenvalue weighted by molar-refractivity contribution is 7.92. The Morgan fingerprint density at radius 3 is 2.31 bits per heavy atom. The molecule has 1 N–H and O–H groups in total. The molecule has 1 heterocycles. The molecule has 1 saturated heterocycles. The summed E-state index contributed by atoms with van der Waals surface area (Å²) in [4.78, 5) is 2.36. The number of hydrogen-bond acceptors (Lipinski definition) is 4. The van der Waals surface area contributed by atoms with Crippen LogP contribution in [-0.4, -0.2) is 39.6 Å². The monoisotopic (exact) mass is 372 g/mol. The molecule has 0 amide bonds. The van der Waals surface area contributed by atoms with Gasteiger partial charge in [0.2, 0.25) is 10.0 Å². The highest BCUT2D eigenvalue weighted by atomic mass is 32.2. The smallest absolute Gasteiger partial charge is 0.234 e. The third-order valence-corrected chi connectivity index (χ3v) is 5.29. The van der Waals surface area contributed by atoms with Crippen molar-refractivity contribution < 1.29 is 13.2 Å². The van der Waals surface area contributed by atoms with Crippen LogP contribution < -0.4 is 4.72 Å². The van der Waals surface area contributed by atoms with Crippen LogP contribution in [0.3, 0.4) is 0 Å². The van der Waals surface area contributed by atoms with Crippen LogP contribution in [0.15, 0.2) is 60.0 Å². The van der Waals surface area contributed by atoms with Crippen molar-refractivity contribution in [1.29, 1.82) is 0 Å². The summed E-state index contributed by atoms with van der Waals surface area (Å²) in [5.74, 6) is 0. The first-order valence-corrected chi connectivity index (χ1v) is 10.3. The van der Waals surface area contributed by atoms with Gasteiger partial charge in [0.05, 0.1) is 13.2 Å². The number of rotatable bonds is 7. The predicted octanol–water partition coefficient (Wildman–Crippen LogP) is 2.61. The molecule has 2 aromatic carbocycles. The molecule has 1 aliphatic rings. The van der Waals surface area contributed by atoms with Crippen LogP contribution in [0.4, 0.5) is 0 Å². The van der Waals surface area contributed by atoms with Crippen molar-refractivity contribution in [3.8, 4) is 0 Å². The van der Waals surface area contributed by atoms with E-state index in [-0.39, 0.29) is 6.54 Å². The average molecular weight is 372 g/mol. The minimum atomic E-state index is -3.46. The van der Waals surface area contributed by atoms with Crippen LogP contribution in [0.1, 0.15) is 16.7 Å². The first-order chi connectivity index (χ1) is 12.6. The number of morpholine rings is 1. The van der Waals surface area contributed by atoms with E-state index < -0.39 is 10.0 Å². The first kappa shape index (κ1) is 18.8. The second-order valence-electron chi connectivity index (χ2n) is 6.28. The van der Waals surface area contributed by atoms with Crippen LogP contribution in [0.2, 0.25) is 0 Å². The largest absolute Gasteiger partial charge is 0.379 e. The van der Waals surface area contributed by atoms with E-state index in [0.29, 0.717) is 0 Å². The zero-order chi connectivity index (χ0) is 18.2. The number of hydrogen-bond donors (Lipinski definition) is 1. The SMILES string of the molecule is O=S(=O)(/C=C/c1ccccc1)NCc1ccc(CN2CCOCC2)cc1. The predicted molar refractivity (Wildman–Crippen MR) is 104 cm³/mol. The van der Waals surface area contributed by atoms with Crippen LogP contribution in [0.5, 0.6) is 0 Å². The van der Waals surface area contributed by atoms with Crippen LogP contribution in [-0.2, 0) is 27.8 Å². The van der Waals surface area contributed by atoms with Crippen molar-refractivity contribution in [2.75, 3.05) is 26.3 Å². The molecule has 2 aromatic rings. The van der Waals surface area contributed by atoms with E-state index in [1.54, 1.807) is 6.08 Å². The lowest BCUT2D eigenvalue weighted by atomic mass is 10.1. The van der Waals surface area contributed by atoms with Crippen molar-refractivity contribution in [3.63, 3.8) is 0 Å². The molecule has 138 valence electrons. The van der Waals surface area contributed by atoms with Gasteiger partial charge in [-0.05, 0) is 22.8 Å². The van der Waals surface area contributed by atoms with Gasteiger partial charge in [-0.3, -0.25) is 4.90 Å². The lowest BCUT2D eigenvalue weighted by Crippen LogP contribution is -2.35. The highest BCUT2D eigenvalue weighted by Crippen LogP contribution is 2.10. The fraction of sp³-hybridized carbons (Fsp3) is 0.300. The Morgan fingerprint density at radius 2 is 1.62 bits per heavy atom. The third-order valence-electron chi connectivity index (χ3n) is 4.25. The Kier molecular flexibility index (Phi) is 6.57. The number of sulfonamides is 1. The minimum absolute atomic E-state index is 0.277. The molecule has 26 heavy (non-hydrogen) atoms. The summed E-state index contributed by atoms with van der Waals surface area (Å²) in [5.41, 5.74) is 3.01. The summed E-state index contributed by atoms with van der Waals surface area (Å²) in [5, 5.41) is 1.20. The van der Waals surface area contributed by atoms with Gasteiger partial charge in [0.15, 0.2) is 0 Å². The molecule has 0 radical (unpaired) electrons. The standard InChI is InChI=1S/C20H24N2O3S/c23-26(24,15-10-18-4-2-1-3-5-18)21-16-19-6-8-20(9-7-19)17-22-11-13-25-14-12-22/h1-10,15,21H,11-14,16-17H2/b15-10+. The van der Waals surface area contributed by atoms with Gasteiger partial charge in [0.1, 0.15) is 0 Å². The number of ether oxygens (including phenoxy) is 1. The van der Waals surface area contributed by atoms with E-state index in [0.717, 1.165) is 44.0 Å². The van der Waals surface area contributed by atoms with E-state index in [1.807, 2.05) is 42.5 Å². The minimum Gasteiger partial charge on any atom is -0.379 e. The molecule has 0 atom stereocenters. The molecule has 0 bridgehead atoms. The molecular formula is C20H24N2O3S. The van der Waals surface area contributed by atoms with Crippen LogP contribution >= 0.6 is 0 Å². The van der Waals surface area contributed by atoms with Gasteiger partial charge in [-0.1, -0.05) is 54.6 Å². The van der Waals surface area contributed by atoms with E-state index in [1.165, 1.54) is 11.0 Å². The molecule has 0 saturated carbocycles. The number of nitrogens with one attached hydrogen (secondary N) is 1. The Bertz CT molecular complexity index is 812. The third kappa shape index (κ3) is 6.07. The van der Waals surface area contributed by atoms with Gasteiger partial charge in [-0.2, -0.15) is 0 Å². The maximum atomic E-state index is 12.1. The van der Waals surface area contributed by atoms with E-state index >= 15 is 0 Å². The Hall–Kier alpha value is -1.99. The second kappa shape index (κ2) is 9.09. The van der Waals surface area contributed by atoms with E-state index in [4.69, 9.17) is 4.74 Å². The average Bonchev–Trinajstić information content (AvgIpc) is 2.68. The topological polar surface area (TPSA) is 58.6 Å². The van der Waals surface area contributed by atoms with Crippen molar-refractivity contribution in [3.05, 3.63) is 76.7 Å². The van der Waals surface area contributed by atoms with Gasteiger partial charge in [-0.15, -0.1) is 0 Å². The molecule has 1 aliphatic heterocycles. The van der Waals surface area contributed by atoms with Gasteiger partial charge in [0.25, 0.3) is 0 Å². The van der Waals surface area contributed by atoms with E-state index in [2.05, 4.69) is 21.8 Å². The van der Waals surface area contributed by atoms with Gasteiger partial charge in [-0.25, -0.2) is 13.1 Å². The Labute approximate surface area is 155 Å². The summed E-state index contributed by atoms with van der Waals surface area (Å²) >= 11 is 0. The zero-order valence-electron chi connectivity index (χ0n) is 14.7. The number of nitrogens with zero attached hydrogens (tertiary/aromatic N) is 1. The van der Waals surface area contributed by atoms with Crippen molar-refractivity contribution in [1.82, 2.24) is 9.62 Å². The molecule has 0 aliphatic carbocycles. The van der Waals surface area contributed by atoms with Crippen molar-refractivity contribution in [2.24, 2.45) is 0 Å². The lowest BCUT2D eigenvalue weighted by Gasteiger charge is -2.26. The Balaban J connectivity index is 1.51. The maximum absolute atomic E-state index is 12.1. The summed E-state index contributed by atoms with van der Waals surface area (Å²) in [6.45, 7) is 4.66. The zero-order valence-corrected chi connectivity index (χ0v) is 15.5. The van der Waals surface area contributed by atoms with Gasteiger partial charge >= 0.3 is 0 Å². The molecule has 0 unspecified atom stereocenters. The molecule has 5 nitrogen and oxygen atoms in total. The molecule has 0 aromatic heterocycles. The lowest BCUT2D eigenvalue weighted by molar-refractivity contribution is 0.0342. The van der Waals surface area contributed by atoms with E-state index in [9.17, 15) is 8.42 Å². The Morgan fingerprint density at radius 1 is 0.962 bits per heavy atom. The fourth-order valence-electron chi connectivity index (χ4n) is 2.74. The highest BCUT2D eigenvalue weighted by Gasteiger charge is 2.10. The van der Waals surface area contributed by atoms with Gasteiger partial charge < -0.3 is 4.74 Å². The van der Waals surface area contributed by atoms with Crippen LogP contribution in [0, 0.1) is 0 Å². The molecule has 6 heteroatoms. The fourth-order valence-corrected chi connectivity index (χ4v) is 3.54. The van der Waals surface area contributed by atoms with Crippen LogP contribution in [0.25, 0.3) is 6.08 Å². The molecular weight excluding hydrogens is 348 g/mol. The summed E-state index contributed by atoms with van der Waals surface area (Å²) < 4.78 is 32.1. The quantitative estimate of drug-likeness (QED) is 0.812. The van der Waals surface area contributed by atoms with Crippen molar-refractivity contribution >= 4 is 16.1 Å². The first-order valence-electron chi connectivity index (χ1n) is 8.71. The maximum Gasteiger partial charge on any atom is 0.234 e. The summed E-state index contributed by atoms with van der Waals surface area (Å²) in [6.07, 6.45) is 1.59. The molecule has 0 spiro atoms. The normalized spacial score (nSPS) is 16.2. The van der Waals surface area contributed by atoms with Crippen molar-refractivity contribution in [2.45, 2.75) is 13.1 Å². The van der Waals surface area contributed by atoms with Gasteiger partial charge in [0, 0.05) is 31.6 Å². The molecule has 3 rings (SSSR count). The summed E-state index contributed by atoms with van der Waals surface area (Å²) in [6, 6.07) is 17.4. The summed E-state index contributed by atoms with van der Waals surface area (Å²) in [7, 11) is -3.46. The number of benzene rings is 2. The molecule has 1 fully saturated rings. The second-order valence-corrected chi connectivity index (χ2v) is 7.94.